The maximum atomic E-state index is 6.24. The van der Waals surface area contributed by atoms with E-state index in [1.54, 1.807) is 4.68 Å². The molecule has 0 aliphatic heterocycles. The number of furan rings is 1. The molecule has 0 radical (unpaired) electrons. The van der Waals surface area contributed by atoms with Crippen molar-refractivity contribution in [2.24, 2.45) is 0 Å². The maximum absolute atomic E-state index is 6.24. The molecule has 1 aromatic carbocycles. The molecule has 0 aliphatic rings. The van der Waals surface area contributed by atoms with E-state index in [1.165, 1.54) is 0 Å². The summed E-state index contributed by atoms with van der Waals surface area (Å²) in [5.74, 6) is 2.12. The van der Waals surface area contributed by atoms with Crippen molar-refractivity contribution in [1.29, 1.82) is 0 Å². The van der Waals surface area contributed by atoms with Gasteiger partial charge in [0.2, 0.25) is 5.95 Å². The zero-order valence-corrected chi connectivity index (χ0v) is 14.1. The summed E-state index contributed by atoms with van der Waals surface area (Å²) in [4.78, 5) is 0. The summed E-state index contributed by atoms with van der Waals surface area (Å²) in [7, 11) is 0. The fourth-order valence-electron chi connectivity index (χ4n) is 2.02. The molecule has 0 unspecified atom stereocenters. The Morgan fingerprint density at radius 2 is 2.18 bits per heavy atom. The van der Waals surface area contributed by atoms with Gasteiger partial charge in [-0.15, -0.1) is 0 Å². The lowest BCUT2D eigenvalue weighted by molar-refractivity contribution is 0.529. The Kier molecular flexibility index (Phi) is 4.44. The van der Waals surface area contributed by atoms with Crippen LogP contribution in [0.1, 0.15) is 12.7 Å². The molecule has 0 bridgehead atoms. The summed E-state index contributed by atoms with van der Waals surface area (Å²) in [5.41, 5.74) is 0.856. The minimum absolute atomic E-state index is 0.495. The molecule has 3 rings (SSSR count). The lowest BCUT2D eigenvalue weighted by Crippen LogP contribution is -2.07. The minimum atomic E-state index is 0.495. The molecule has 0 spiro atoms. The fraction of sp³-hybridized carbons (Fsp3) is 0.214. The topological polar surface area (TPSA) is 68.8 Å². The van der Waals surface area contributed by atoms with Crippen molar-refractivity contribution in [1.82, 2.24) is 20.2 Å². The predicted molar refractivity (Wildman–Crippen MR) is 87.7 cm³/mol. The van der Waals surface area contributed by atoms with Crippen molar-refractivity contribution in [3.63, 3.8) is 0 Å². The van der Waals surface area contributed by atoms with Crippen molar-refractivity contribution < 1.29 is 4.42 Å². The fourth-order valence-corrected chi connectivity index (χ4v) is 2.78. The Labute approximate surface area is 140 Å². The highest BCUT2D eigenvalue weighted by atomic mass is 79.9. The lowest BCUT2D eigenvalue weighted by Gasteiger charge is -2.04. The van der Waals surface area contributed by atoms with Crippen LogP contribution in [-0.2, 0) is 13.1 Å². The van der Waals surface area contributed by atoms with E-state index in [9.17, 15) is 0 Å². The number of halogens is 2. The van der Waals surface area contributed by atoms with Crippen molar-refractivity contribution >= 4 is 33.5 Å². The lowest BCUT2D eigenvalue weighted by atomic mass is 10.2. The molecule has 114 valence electrons. The van der Waals surface area contributed by atoms with Gasteiger partial charge in [0.25, 0.3) is 0 Å². The normalized spacial score (nSPS) is 10.9. The van der Waals surface area contributed by atoms with E-state index in [-0.39, 0.29) is 0 Å². The van der Waals surface area contributed by atoms with Crippen LogP contribution in [0, 0.1) is 0 Å². The number of nitrogens with zero attached hydrogens (tertiary/aromatic N) is 4. The standard InChI is InChI=1S/C14H13BrClN5O/c1-2-21-14(18-19-20-21)17-8-10-4-6-13(22-10)11-5-3-9(15)7-12(11)16/h3-7H,2,8H2,1H3,(H,17,18,20). The molecule has 22 heavy (non-hydrogen) atoms. The van der Waals surface area contributed by atoms with E-state index in [4.69, 9.17) is 16.0 Å². The van der Waals surface area contributed by atoms with Gasteiger partial charge in [-0.3, -0.25) is 0 Å². The predicted octanol–water partition coefficient (Wildman–Crippen LogP) is 3.98. The third kappa shape index (κ3) is 3.15. The number of hydrogen-bond acceptors (Lipinski definition) is 5. The zero-order valence-electron chi connectivity index (χ0n) is 11.8. The van der Waals surface area contributed by atoms with E-state index >= 15 is 0 Å². The average molecular weight is 383 g/mol. The average Bonchev–Trinajstić information content (AvgIpc) is 3.13. The molecule has 0 saturated carbocycles. The number of benzene rings is 1. The Balaban J connectivity index is 1.74. The quantitative estimate of drug-likeness (QED) is 0.723. The number of rotatable bonds is 5. The zero-order chi connectivity index (χ0) is 15.5. The van der Waals surface area contributed by atoms with E-state index in [1.807, 2.05) is 37.3 Å². The molecule has 0 aliphatic carbocycles. The van der Waals surface area contributed by atoms with Gasteiger partial charge >= 0.3 is 0 Å². The van der Waals surface area contributed by atoms with Crippen molar-refractivity contribution in [2.45, 2.75) is 20.0 Å². The first-order valence-corrected chi connectivity index (χ1v) is 7.88. The van der Waals surface area contributed by atoms with Crippen molar-refractivity contribution in [3.8, 4) is 11.3 Å². The first-order valence-electron chi connectivity index (χ1n) is 6.71. The van der Waals surface area contributed by atoms with Crippen molar-refractivity contribution in [3.05, 3.63) is 45.6 Å². The minimum Gasteiger partial charge on any atom is -0.459 e. The van der Waals surface area contributed by atoms with Crippen LogP contribution in [0.5, 0.6) is 0 Å². The van der Waals surface area contributed by atoms with Crippen LogP contribution in [0.2, 0.25) is 5.02 Å². The van der Waals surface area contributed by atoms with E-state index in [0.29, 0.717) is 24.1 Å². The molecule has 0 fully saturated rings. The van der Waals surface area contributed by atoms with Crippen LogP contribution in [0.4, 0.5) is 5.95 Å². The molecule has 2 heterocycles. The largest absolute Gasteiger partial charge is 0.459 e. The molecular formula is C14H13BrClN5O. The second-order valence-electron chi connectivity index (χ2n) is 4.56. The Morgan fingerprint density at radius 3 is 2.95 bits per heavy atom. The first kappa shape index (κ1) is 15.1. The van der Waals surface area contributed by atoms with Crippen molar-refractivity contribution in [2.75, 3.05) is 5.32 Å². The van der Waals surface area contributed by atoms with Crippen LogP contribution in [0.15, 0.2) is 39.2 Å². The number of tetrazole rings is 1. The summed E-state index contributed by atoms with van der Waals surface area (Å²) >= 11 is 9.62. The number of aromatic nitrogens is 4. The summed E-state index contributed by atoms with van der Waals surface area (Å²) < 4.78 is 8.43. The number of hydrogen-bond donors (Lipinski definition) is 1. The monoisotopic (exact) mass is 381 g/mol. The van der Waals surface area contributed by atoms with Crippen LogP contribution in [0.25, 0.3) is 11.3 Å². The summed E-state index contributed by atoms with van der Waals surface area (Å²) in [6, 6.07) is 9.49. The van der Waals surface area contributed by atoms with Gasteiger partial charge in [0.1, 0.15) is 11.5 Å². The Morgan fingerprint density at radius 1 is 1.32 bits per heavy atom. The molecule has 8 heteroatoms. The summed E-state index contributed by atoms with van der Waals surface area (Å²) in [5, 5.41) is 15.2. The highest BCUT2D eigenvalue weighted by Crippen LogP contribution is 2.31. The third-order valence-electron chi connectivity index (χ3n) is 3.11. The van der Waals surface area contributed by atoms with Crippen LogP contribution in [0.3, 0.4) is 0 Å². The van der Waals surface area contributed by atoms with Gasteiger partial charge in [0.05, 0.1) is 11.6 Å². The van der Waals surface area contributed by atoms with Gasteiger partial charge in [0.15, 0.2) is 0 Å². The van der Waals surface area contributed by atoms with Gasteiger partial charge in [-0.2, -0.15) is 0 Å². The number of aryl methyl sites for hydroxylation is 1. The first-order chi connectivity index (χ1) is 10.7. The van der Waals surface area contributed by atoms with Gasteiger partial charge in [-0.1, -0.05) is 32.6 Å². The molecule has 3 aromatic rings. The van der Waals surface area contributed by atoms with E-state index in [2.05, 4.69) is 36.8 Å². The van der Waals surface area contributed by atoms with Gasteiger partial charge in [-0.05, 0) is 47.7 Å². The third-order valence-corrected chi connectivity index (χ3v) is 3.92. The Bertz CT molecular complexity index is 785. The molecule has 1 N–H and O–H groups in total. The Hall–Kier alpha value is -1.86. The van der Waals surface area contributed by atoms with Gasteiger partial charge < -0.3 is 9.73 Å². The summed E-state index contributed by atoms with van der Waals surface area (Å²) in [6.07, 6.45) is 0. The maximum Gasteiger partial charge on any atom is 0.243 e. The van der Waals surface area contributed by atoms with Gasteiger partial charge in [-0.25, -0.2) is 4.68 Å². The highest BCUT2D eigenvalue weighted by Gasteiger charge is 2.10. The number of nitrogens with one attached hydrogen (secondary N) is 1. The molecule has 0 atom stereocenters. The second-order valence-corrected chi connectivity index (χ2v) is 5.88. The second kappa shape index (κ2) is 6.50. The van der Waals surface area contributed by atoms with E-state index < -0.39 is 0 Å². The molecular weight excluding hydrogens is 370 g/mol. The highest BCUT2D eigenvalue weighted by molar-refractivity contribution is 9.10. The smallest absolute Gasteiger partial charge is 0.243 e. The SMILES string of the molecule is CCn1nnnc1NCc1ccc(-c2ccc(Br)cc2Cl)o1. The molecule has 2 aromatic heterocycles. The van der Waals surface area contributed by atoms with Crippen LogP contribution in [-0.4, -0.2) is 20.2 Å². The van der Waals surface area contributed by atoms with Crippen LogP contribution >= 0.6 is 27.5 Å². The molecule has 6 nitrogen and oxygen atoms in total. The number of anilines is 1. The van der Waals surface area contributed by atoms with Gasteiger partial charge in [0, 0.05) is 16.6 Å². The molecule has 0 amide bonds. The van der Waals surface area contributed by atoms with Crippen LogP contribution < -0.4 is 5.32 Å². The van der Waals surface area contributed by atoms with E-state index in [0.717, 1.165) is 21.6 Å². The summed E-state index contributed by atoms with van der Waals surface area (Å²) in [6.45, 7) is 3.17. The molecule has 0 saturated heterocycles.